The molecule has 0 amide bonds. The van der Waals surface area contributed by atoms with Crippen LogP contribution in [0, 0.1) is 0 Å². The van der Waals surface area contributed by atoms with Gasteiger partial charge in [0.15, 0.2) is 0 Å². The molecular formula is C13H21N7O. The van der Waals surface area contributed by atoms with Crippen molar-refractivity contribution in [3.63, 3.8) is 0 Å². The van der Waals surface area contributed by atoms with Crippen molar-refractivity contribution in [3.8, 4) is 6.01 Å². The van der Waals surface area contributed by atoms with Gasteiger partial charge in [0.2, 0.25) is 11.9 Å². The van der Waals surface area contributed by atoms with Gasteiger partial charge in [-0.05, 0) is 18.9 Å². The van der Waals surface area contributed by atoms with E-state index in [2.05, 4.69) is 30.7 Å². The molecular weight excluding hydrogens is 270 g/mol. The summed E-state index contributed by atoms with van der Waals surface area (Å²) in [7, 11) is 1.76. The molecule has 8 nitrogen and oxygen atoms in total. The summed E-state index contributed by atoms with van der Waals surface area (Å²) in [6, 6.07) is 2.25. The number of hydrogen-bond acceptors (Lipinski definition) is 7. The summed E-state index contributed by atoms with van der Waals surface area (Å²) in [6.07, 6.45) is 5.55. The smallest absolute Gasteiger partial charge is 0.323 e. The molecule has 0 radical (unpaired) electrons. The van der Waals surface area contributed by atoms with Crippen LogP contribution in [0.15, 0.2) is 18.5 Å². The van der Waals surface area contributed by atoms with Crippen LogP contribution in [0.2, 0.25) is 0 Å². The Morgan fingerprint density at radius 2 is 2.10 bits per heavy atom. The van der Waals surface area contributed by atoms with Gasteiger partial charge in [0.1, 0.15) is 0 Å². The van der Waals surface area contributed by atoms with E-state index in [4.69, 9.17) is 4.74 Å². The molecule has 114 valence electrons. The van der Waals surface area contributed by atoms with Crippen LogP contribution < -0.4 is 15.4 Å². The van der Waals surface area contributed by atoms with E-state index >= 15 is 0 Å². The maximum atomic E-state index is 5.45. The van der Waals surface area contributed by atoms with E-state index in [1.54, 1.807) is 13.2 Å². The van der Waals surface area contributed by atoms with Crippen molar-refractivity contribution in [2.24, 2.45) is 0 Å². The Morgan fingerprint density at radius 1 is 1.24 bits per heavy atom. The first-order valence-corrected chi connectivity index (χ1v) is 7.09. The number of nitrogens with one attached hydrogen (secondary N) is 2. The molecule has 2 rings (SSSR count). The molecule has 8 heteroatoms. The lowest BCUT2D eigenvalue weighted by Crippen LogP contribution is -2.12. The Hall–Kier alpha value is -2.38. The van der Waals surface area contributed by atoms with Gasteiger partial charge in [-0.15, -0.1) is 0 Å². The quantitative estimate of drug-likeness (QED) is 0.675. The number of anilines is 2. The van der Waals surface area contributed by atoms with E-state index in [1.165, 1.54) is 0 Å². The summed E-state index contributed by atoms with van der Waals surface area (Å²) in [5.41, 5.74) is 0. The Morgan fingerprint density at radius 3 is 2.81 bits per heavy atom. The molecule has 2 aromatic heterocycles. The Kier molecular flexibility index (Phi) is 5.74. The number of ether oxygens (including phenoxy) is 1. The molecule has 0 spiro atoms. The van der Waals surface area contributed by atoms with Crippen LogP contribution in [0.4, 0.5) is 11.9 Å². The highest BCUT2D eigenvalue weighted by Gasteiger charge is 2.06. The van der Waals surface area contributed by atoms with Gasteiger partial charge in [0, 0.05) is 32.5 Å². The standard InChI is InChI=1S/C13H21N7O/c1-3-10-21-13-18-11(14-2)17-12(19-13)15-6-4-8-20-9-5-7-16-20/h5,7,9H,3-4,6,8,10H2,1-2H3,(H2,14,15,17,18,19). The van der Waals surface area contributed by atoms with Crippen molar-refractivity contribution in [1.29, 1.82) is 0 Å². The average Bonchev–Trinajstić information content (AvgIpc) is 3.02. The zero-order valence-electron chi connectivity index (χ0n) is 12.4. The second kappa shape index (κ2) is 8.03. The number of nitrogens with zero attached hydrogens (tertiary/aromatic N) is 5. The average molecular weight is 291 g/mol. The lowest BCUT2D eigenvalue weighted by Gasteiger charge is -2.09. The van der Waals surface area contributed by atoms with Crippen LogP contribution in [0.5, 0.6) is 6.01 Å². The van der Waals surface area contributed by atoms with E-state index in [9.17, 15) is 0 Å². The zero-order chi connectivity index (χ0) is 14.9. The molecule has 0 aliphatic heterocycles. The van der Waals surface area contributed by atoms with Crippen molar-refractivity contribution in [2.75, 3.05) is 30.8 Å². The van der Waals surface area contributed by atoms with E-state index in [0.717, 1.165) is 25.9 Å². The lowest BCUT2D eigenvalue weighted by atomic mass is 10.4. The third-order valence-electron chi connectivity index (χ3n) is 2.68. The second-order valence-electron chi connectivity index (χ2n) is 4.41. The fourth-order valence-electron chi connectivity index (χ4n) is 1.68. The Bertz CT molecular complexity index is 529. The van der Waals surface area contributed by atoms with E-state index in [0.29, 0.717) is 24.5 Å². The topological polar surface area (TPSA) is 89.8 Å². The maximum Gasteiger partial charge on any atom is 0.323 e. The SMILES string of the molecule is CCCOc1nc(NC)nc(NCCCn2cccn2)n1. The summed E-state index contributed by atoms with van der Waals surface area (Å²) in [6.45, 7) is 4.23. The molecule has 21 heavy (non-hydrogen) atoms. The van der Waals surface area contributed by atoms with Crippen LogP contribution >= 0.6 is 0 Å². The summed E-state index contributed by atoms with van der Waals surface area (Å²) in [5, 5.41) is 10.2. The lowest BCUT2D eigenvalue weighted by molar-refractivity contribution is 0.292. The first kappa shape index (κ1) is 15.0. The van der Waals surface area contributed by atoms with Gasteiger partial charge in [-0.25, -0.2) is 0 Å². The molecule has 0 aliphatic rings. The van der Waals surface area contributed by atoms with Crippen molar-refractivity contribution in [1.82, 2.24) is 24.7 Å². The van der Waals surface area contributed by atoms with Crippen LogP contribution in [0.3, 0.4) is 0 Å². The summed E-state index contributed by atoms with van der Waals surface area (Å²) >= 11 is 0. The molecule has 2 N–H and O–H groups in total. The van der Waals surface area contributed by atoms with Crippen molar-refractivity contribution >= 4 is 11.9 Å². The van der Waals surface area contributed by atoms with E-state index in [-0.39, 0.29) is 0 Å². The van der Waals surface area contributed by atoms with Crippen molar-refractivity contribution in [3.05, 3.63) is 18.5 Å². The van der Waals surface area contributed by atoms with Gasteiger partial charge in [-0.1, -0.05) is 6.92 Å². The van der Waals surface area contributed by atoms with Crippen molar-refractivity contribution < 1.29 is 4.74 Å². The number of aromatic nitrogens is 5. The fraction of sp³-hybridized carbons (Fsp3) is 0.538. The highest BCUT2D eigenvalue weighted by Crippen LogP contribution is 2.11. The molecule has 2 aromatic rings. The third kappa shape index (κ3) is 4.90. The van der Waals surface area contributed by atoms with Crippen LogP contribution in [-0.4, -0.2) is 44.9 Å². The largest absolute Gasteiger partial charge is 0.463 e. The first-order valence-electron chi connectivity index (χ1n) is 7.09. The molecule has 0 unspecified atom stereocenters. The first-order chi connectivity index (χ1) is 10.3. The maximum absolute atomic E-state index is 5.45. The molecule has 0 aromatic carbocycles. The normalized spacial score (nSPS) is 10.4. The van der Waals surface area contributed by atoms with Gasteiger partial charge in [-0.2, -0.15) is 20.1 Å². The van der Waals surface area contributed by atoms with Gasteiger partial charge in [-0.3, -0.25) is 4.68 Å². The predicted octanol–water partition coefficient (Wildman–Crippen LogP) is 1.40. The summed E-state index contributed by atoms with van der Waals surface area (Å²) in [4.78, 5) is 12.6. The van der Waals surface area contributed by atoms with Gasteiger partial charge in [0.05, 0.1) is 6.61 Å². The molecule has 0 fully saturated rings. The highest BCUT2D eigenvalue weighted by molar-refractivity contribution is 5.35. The van der Waals surface area contributed by atoms with Gasteiger partial charge in [0.25, 0.3) is 0 Å². The van der Waals surface area contributed by atoms with Crippen LogP contribution in [0.25, 0.3) is 0 Å². The second-order valence-corrected chi connectivity index (χ2v) is 4.41. The molecule has 0 saturated carbocycles. The van der Waals surface area contributed by atoms with E-state index < -0.39 is 0 Å². The Labute approximate surface area is 124 Å². The minimum atomic E-state index is 0.339. The minimum Gasteiger partial charge on any atom is -0.463 e. The van der Waals surface area contributed by atoms with Crippen molar-refractivity contribution in [2.45, 2.75) is 26.3 Å². The highest BCUT2D eigenvalue weighted by atomic mass is 16.5. The molecule has 0 saturated heterocycles. The zero-order valence-corrected chi connectivity index (χ0v) is 12.4. The minimum absolute atomic E-state index is 0.339. The Balaban J connectivity index is 1.85. The molecule has 0 aliphatic carbocycles. The molecule has 2 heterocycles. The monoisotopic (exact) mass is 291 g/mol. The van der Waals surface area contributed by atoms with E-state index in [1.807, 2.05) is 23.9 Å². The van der Waals surface area contributed by atoms with Gasteiger partial charge >= 0.3 is 6.01 Å². The fourth-order valence-corrected chi connectivity index (χ4v) is 1.68. The third-order valence-corrected chi connectivity index (χ3v) is 2.68. The number of hydrogen-bond donors (Lipinski definition) is 2. The number of rotatable bonds is 9. The predicted molar refractivity (Wildman–Crippen MR) is 80.5 cm³/mol. The van der Waals surface area contributed by atoms with Crippen LogP contribution in [-0.2, 0) is 6.54 Å². The summed E-state index contributed by atoms with van der Waals surface area (Å²) < 4.78 is 7.34. The molecule has 0 bridgehead atoms. The summed E-state index contributed by atoms with van der Waals surface area (Å²) in [5.74, 6) is 1.01. The number of aryl methyl sites for hydroxylation is 1. The molecule has 0 atom stereocenters. The van der Waals surface area contributed by atoms with Crippen LogP contribution in [0.1, 0.15) is 19.8 Å². The van der Waals surface area contributed by atoms with Gasteiger partial charge < -0.3 is 15.4 Å².